The van der Waals surface area contributed by atoms with Gasteiger partial charge in [-0.3, -0.25) is 0 Å². The number of nitrogens with two attached hydrogens (primary N) is 1. The van der Waals surface area contributed by atoms with Crippen LogP contribution in [0.1, 0.15) is 154 Å². The van der Waals surface area contributed by atoms with Gasteiger partial charge in [-0.2, -0.15) is 65.9 Å². The van der Waals surface area contributed by atoms with Gasteiger partial charge in [-0.15, -0.1) is 0 Å². The van der Waals surface area contributed by atoms with Crippen LogP contribution in [0, 0.1) is 0 Å². The largest absolute Gasteiger partial charge is 0.453 e. The molecule has 0 fully saturated rings. The van der Waals surface area contributed by atoms with Crippen LogP contribution in [-0.2, 0) is 0 Å². The fraction of sp³-hybridized carbons (Fsp3) is 1.00. The van der Waals surface area contributed by atoms with Gasteiger partial charge >= 0.3 is 36.3 Å². The van der Waals surface area contributed by atoms with Crippen molar-refractivity contribution in [1.29, 1.82) is 0 Å². The highest BCUT2D eigenvalue weighted by molar-refractivity contribution is 6.76. The second-order valence-electron chi connectivity index (χ2n) is 13.9. The van der Waals surface area contributed by atoms with Crippen LogP contribution < -0.4 is 5.40 Å². The Hall–Kier alpha value is -0.873. The molecule has 0 aliphatic heterocycles. The number of halogens is 15. The minimum atomic E-state index is -5.54. The molecule has 0 radical (unpaired) electrons. The first-order chi connectivity index (χ1) is 22.9. The van der Waals surface area contributed by atoms with Gasteiger partial charge in [-0.1, -0.05) is 116 Å². The summed E-state index contributed by atoms with van der Waals surface area (Å²) in [6, 6.07) is 2.52. The van der Waals surface area contributed by atoms with Crippen molar-refractivity contribution in [2.75, 3.05) is 0 Å². The number of rotatable bonds is 30. The highest BCUT2D eigenvalue weighted by atomic mass is 28.3. The topological polar surface area (TPSA) is 26.0 Å². The molecule has 0 aliphatic carbocycles. The molecule has 0 saturated heterocycles. The highest BCUT2D eigenvalue weighted by Gasteiger charge is 2.57. The van der Waals surface area contributed by atoms with E-state index in [-0.39, 0.29) is 38.5 Å². The standard InChI is InChI=1S/C33H56F15NSi/c34-28(35,31(40,41)42)22-16-10-4-1-7-13-19-25-50(49,26-20-14-8-2-5-11-17-23-29(36,37)32(43,44)45)27-21-15-9-3-6-12-18-24-30(38,39)33(46,47)48/h1-27,49H2. The quantitative estimate of drug-likeness (QED) is 0.0439. The molecule has 302 valence electrons. The first kappa shape index (κ1) is 49.1. The molecule has 0 bridgehead atoms. The molecule has 0 aromatic heterocycles. The highest BCUT2D eigenvalue weighted by Crippen LogP contribution is 2.41. The van der Waals surface area contributed by atoms with Gasteiger partial charge in [0.15, 0.2) is 0 Å². The Morgan fingerprint density at radius 3 is 0.600 bits per heavy atom. The summed E-state index contributed by atoms with van der Waals surface area (Å²) < 4.78 is 188. The van der Waals surface area contributed by atoms with E-state index in [4.69, 9.17) is 5.40 Å². The number of hydrogen-bond donors (Lipinski definition) is 1. The first-order valence-electron chi connectivity index (χ1n) is 18.0. The van der Waals surface area contributed by atoms with E-state index in [2.05, 4.69) is 0 Å². The minimum absolute atomic E-state index is 0.215. The van der Waals surface area contributed by atoms with Gasteiger partial charge in [0.2, 0.25) is 0 Å². The van der Waals surface area contributed by atoms with Gasteiger partial charge in [0.25, 0.3) is 0 Å². The van der Waals surface area contributed by atoms with Crippen LogP contribution in [0.25, 0.3) is 0 Å². The van der Waals surface area contributed by atoms with Crippen LogP contribution in [0.4, 0.5) is 65.9 Å². The van der Waals surface area contributed by atoms with Gasteiger partial charge in [0.05, 0.1) is 0 Å². The van der Waals surface area contributed by atoms with E-state index in [0.717, 1.165) is 75.9 Å². The summed E-state index contributed by atoms with van der Waals surface area (Å²) in [5.41, 5.74) is 0. The van der Waals surface area contributed by atoms with E-state index < -0.39 is 63.8 Å². The van der Waals surface area contributed by atoms with Gasteiger partial charge in [-0.25, -0.2) is 0 Å². The van der Waals surface area contributed by atoms with E-state index in [0.29, 0.717) is 38.5 Å². The van der Waals surface area contributed by atoms with Crippen molar-refractivity contribution in [3.05, 3.63) is 0 Å². The van der Waals surface area contributed by atoms with Crippen molar-refractivity contribution in [1.82, 2.24) is 0 Å². The number of hydrogen-bond acceptors (Lipinski definition) is 1. The van der Waals surface area contributed by atoms with Gasteiger partial charge in [-0.05, 0) is 37.4 Å². The Balaban J connectivity index is 4.48. The number of alkyl halides is 15. The summed E-state index contributed by atoms with van der Waals surface area (Å²) in [5.74, 6) is -14.0. The maximum Gasteiger partial charge on any atom is 0.453 e. The van der Waals surface area contributed by atoms with Crippen LogP contribution in [0.15, 0.2) is 0 Å². The SMILES string of the molecule is N[Si](CCCCCCCCCC(F)(F)C(F)(F)F)(CCCCCCCCCC(F)(F)C(F)(F)F)CCCCCCCCCC(F)(F)C(F)(F)F. The molecule has 2 N–H and O–H groups in total. The maximum atomic E-state index is 13.0. The fourth-order valence-corrected chi connectivity index (χ4v) is 9.54. The Morgan fingerprint density at radius 1 is 0.260 bits per heavy atom. The summed E-state index contributed by atoms with van der Waals surface area (Å²) >= 11 is 0. The van der Waals surface area contributed by atoms with Crippen molar-refractivity contribution in [3.63, 3.8) is 0 Å². The fourth-order valence-electron chi connectivity index (χ4n) is 5.92. The lowest BCUT2D eigenvalue weighted by Crippen LogP contribution is -2.45. The third-order valence-corrected chi connectivity index (χ3v) is 13.3. The molecule has 0 rings (SSSR count). The molecule has 0 heterocycles. The predicted octanol–water partition coefficient (Wildman–Crippen LogP) is 14.8. The minimum Gasteiger partial charge on any atom is -0.351 e. The van der Waals surface area contributed by atoms with E-state index in [1.807, 2.05) is 0 Å². The zero-order chi connectivity index (χ0) is 38.6. The Bertz CT molecular complexity index is 750. The Labute approximate surface area is 288 Å². The van der Waals surface area contributed by atoms with Gasteiger partial charge in [0, 0.05) is 19.3 Å². The Morgan fingerprint density at radius 2 is 0.420 bits per heavy atom. The van der Waals surface area contributed by atoms with Crippen molar-refractivity contribution in [2.24, 2.45) is 5.40 Å². The monoisotopic (exact) mass is 779 g/mol. The van der Waals surface area contributed by atoms with Crippen LogP contribution in [-0.4, -0.2) is 44.5 Å². The third kappa shape index (κ3) is 21.6. The smallest absolute Gasteiger partial charge is 0.351 e. The average Bonchev–Trinajstić information content (AvgIpc) is 2.96. The summed E-state index contributed by atoms with van der Waals surface area (Å²) in [6.45, 7) is 0. The summed E-state index contributed by atoms with van der Waals surface area (Å²) in [6.07, 6.45) is -8.88. The molecule has 0 atom stereocenters. The molecule has 0 aromatic carbocycles. The van der Waals surface area contributed by atoms with Gasteiger partial charge < -0.3 is 5.40 Å². The lowest BCUT2D eigenvalue weighted by atomic mass is 10.1. The van der Waals surface area contributed by atoms with E-state index in [1.54, 1.807) is 0 Å². The zero-order valence-corrected chi connectivity index (χ0v) is 29.8. The third-order valence-electron chi connectivity index (χ3n) is 9.24. The van der Waals surface area contributed by atoms with Gasteiger partial charge in [0.1, 0.15) is 8.24 Å². The molecule has 1 nitrogen and oxygen atoms in total. The molecule has 17 heteroatoms. The van der Waals surface area contributed by atoms with Crippen molar-refractivity contribution in [2.45, 2.75) is 209 Å². The molecule has 0 amide bonds. The molecule has 0 aromatic rings. The molecule has 0 aliphatic rings. The van der Waals surface area contributed by atoms with E-state index in [1.165, 1.54) is 0 Å². The zero-order valence-electron chi connectivity index (χ0n) is 28.8. The molecule has 0 spiro atoms. The van der Waals surface area contributed by atoms with E-state index in [9.17, 15) is 65.9 Å². The lowest BCUT2D eigenvalue weighted by Gasteiger charge is -2.27. The van der Waals surface area contributed by atoms with Crippen molar-refractivity contribution < 1.29 is 65.9 Å². The van der Waals surface area contributed by atoms with Crippen LogP contribution in [0.3, 0.4) is 0 Å². The molecular formula is C33H56F15NSi. The molecular weight excluding hydrogens is 723 g/mol. The molecule has 0 unspecified atom stereocenters. The summed E-state index contributed by atoms with van der Waals surface area (Å²) in [4.78, 5) is 0. The van der Waals surface area contributed by atoms with Crippen LogP contribution in [0.5, 0.6) is 0 Å². The van der Waals surface area contributed by atoms with Crippen molar-refractivity contribution in [3.8, 4) is 0 Å². The summed E-state index contributed by atoms with van der Waals surface area (Å²) in [5, 5.41) is 6.92. The van der Waals surface area contributed by atoms with E-state index >= 15 is 0 Å². The second-order valence-corrected chi connectivity index (χ2v) is 18.1. The number of unbranched alkanes of at least 4 members (excludes halogenated alkanes) is 18. The van der Waals surface area contributed by atoms with Crippen LogP contribution >= 0.6 is 0 Å². The average molecular weight is 780 g/mol. The van der Waals surface area contributed by atoms with Crippen LogP contribution in [0.2, 0.25) is 18.1 Å². The summed E-state index contributed by atoms with van der Waals surface area (Å²) in [7, 11) is -2.18. The Kier molecular flexibility index (Phi) is 22.6. The molecule has 50 heavy (non-hydrogen) atoms. The normalized spacial score (nSPS) is 14.2. The predicted molar refractivity (Wildman–Crippen MR) is 168 cm³/mol. The maximum absolute atomic E-state index is 13.0. The first-order valence-corrected chi connectivity index (χ1v) is 20.7. The second kappa shape index (κ2) is 23.0. The molecule has 0 saturated carbocycles. The van der Waals surface area contributed by atoms with Crippen molar-refractivity contribution >= 4 is 8.24 Å². The lowest BCUT2D eigenvalue weighted by molar-refractivity contribution is -0.284.